The van der Waals surface area contributed by atoms with Crippen molar-refractivity contribution in [3.8, 4) is 11.1 Å². The fourth-order valence-corrected chi connectivity index (χ4v) is 2.15. The fraction of sp³-hybridized carbons (Fsp3) is 0. The van der Waals surface area contributed by atoms with Crippen LogP contribution in [0.4, 0.5) is 0 Å². The first kappa shape index (κ1) is 10.2. The molecule has 0 amide bonds. The van der Waals surface area contributed by atoms with Crippen molar-refractivity contribution in [2.75, 3.05) is 0 Å². The van der Waals surface area contributed by atoms with Gasteiger partial charge in [-0.05, 0) is 6.07 Å². The van der Waals surface area contributed by atoms with Crippen LogP contribution in [0.15, 0.2) is 55.0 Å². The summed E-state index contributed by atoms with van der Waals surface area (Å²) < 4.78 is 0. The van der Waals surface area contributed by atoms with Gasteiger partial charge in [-0.2, -0.15) is 0 Å². The van der Waals surface area contributed by atoms with Crippen molar-refractivity contribution < 1.29 is 0 Å². The predicted molar refractivity (Wildman–Crippen MR) is 70.0 cm³/mol. The first-order valence-corrected chi connectivity index (χ1v) is 5.68. The molecule has 0 atom stereocenters. The normalized spacial score (nSPS) is 10.6. The van der Waals surface area contributed by atoms with Crippen LogP contribution in [-0.4, -0.2) is 9.97 Å². The molecule has 0 N–H and O–H groups in total. The standard InChI is InChI=1S/C14H9ClN2/c15-13-7-2-1-5-11(13)12-6-3-4-10-8-16-9-17-14(10)12/h1-9H. The molecule has 82 valence electrons. The lowest BCUT2D eigenvalue weighted by molar-refractivity contribution is 1.22. The highest BCUT2D eigenvalue weighted by Crippen LogP contribution is 2.31. The van der Waals surface area contributed by atoms with Crippen molar-refractivity contribution in [1.29, 1.82) is 0 Å². The van der Waals surface area contributed by atoms with Gasteiger partial charge < -0.3 is 0 Å². The fourth-order valence-electron chi connectivity index (χ4n) is 1.91. The monoisotopic (exact) mass is 240 g/mol. The minimum atomic E-state index is 0.735. The second-order valence-electron chi connectivity index (χ2n) is 3.75. The Morgan fingerprint density at radius 3 is 2.59 bits per heavy atom. The minimum absolute atomic E-state index is 0.735. The third-order valence-electron chi connectivity index (χ3n) is 2.70. The lowest BCUT2D eigenvalue weighted by Gasteiger charge is -2.06. The summed E-state index contributed by atoms with van der Waals surface area (Å²) in [7, 11) is 0. The van der Waals surface area contributed by atoms with E-state index in [1.54, 1.807) is 6.33 Å². The highest BCUT2D eigenvalue weighted by atomic mass is 35.5. The average Bonchev–Trinajstić information content (AvgIpc) is 2.39. The van der Waals surface area contributed by atoms with Gasteiger partial charge in [-0.25, -0.2) is 9.97 Å². The third-order valence-corrected chi connectivity index (χ3v) is 3.03. The Morgan fingerprint density at radius 1 is 0.882 bits per heavy atom. The summed E-state index contributed by atoms with van der Waals surface area (Å²) in [5, 5.41) is 1.75. The maximum atomic E-state index is 6.22. The van der Waals surface area contributed by atoms with E-state index in [1.165, 1.54) is 0 Å². The summed E-state index contributed by atoms with van der Waals surface area (Å²) in [6, 6.07) is 13.8. The van der Waals surface area contributed by atoms with E-state index in [9.17, 15) is 0 Å². The molecule has 0 fully saturated rings. The van der Waals surface area contributed by atoms with Crippen LogP contribution in [-0.2, 0) is 0 Å². The second-order valence-corrected chi connectivity index (χ2v) is 4.15. The van der Waals surface area contributed by atoms with E-state index in [1.807, 2.05) is 48.7 Å². The smallest absolute Gasteiger partial charge is 0.116 e. The molecule has 1 heterocycles. The van der Waals surface area contributed by atoms with Crippen LogP contribution in [0.1, 0.15) is 0 Å². The van der Waals surface area contributed by atoms with Crippen molar-refractivity contribution in [2.24, 2.45) is 0 Å². The van der Waals surface area contributed by atoms with Gasteiger partial charge in [0.2, 0.25) is 0 Å². The molecule has 0 saturated carbocycles. The van der Waals surface area contributed by atoms with E-state index in [2.05, 4.69) is 9.97 Å². The number of aromatic nitrogens is 2. The van der Waals surface area contributed by atoms with Crippen LogP contribution in [0.3, 0.4) is 0 Å². The van der Waals surface area contributed by atoms with E-state index in [4.69, 9.17) is 11.6 Å². The lowest BCUT2D eigenvalue weighted by Crippen LogP contribution is -1.86. The van der Waals surface area contributed by atoms with Crippen LogP contribution < -0.4 is 0 Å². The number of hydrogen-bond donors (Lipinski definition) is 0. The minimum Gasteiger partial charge on any atom is -0.244 e. The van der Waals surface area contributed by atoms with E-state index >= 15 is 0 Å². The Hall–Kier alpha value is -1.93. The van der Waals surface area contributed by atoms with Crippen molar-refractivity contribution in [3.63, 3.8) is 0 Å². The van der Waals surface area contributed by atoms with Crippen molar-refractivity contribution >= 4 is 22.5 Å². The lowest BCUT2D eigenvalue weighted by atomic mass is 10.0. The number of fused-ring (bicyclic) bond motifs is 1. The molecule has 0 saturated heterocycles. The van der Waals surface area contributed by atoms with Crippen molar-refractivity contribution in [1.82, 2.24) is 9.97 Å². The molecule has 0 aliphatic heterocycles. The van der Waals surface area contributed by atoms with Gasteiger partial charge in [-0.3, -0.25) is 0 Å². The topological polar surface area (TPSA) is 25.8 Å². The number of para-hydroxylation sites is 1. The molecule has 1 aromatic heterocycles. The highest BCUT2D eigenvalue weighted by molar-refractivity contribution is 6.33. The number of rotatable bonds is 1. The van der Waals surface area contributed by atoms with Gasteiger partial charge in [0.1, 0.15) is 6.33 Å². The molecule has 3 heteroatoms. The molecule has 0 bridgehead atoms. The van der Waals surface area contributed by atoms with Gasteiger partial charge in [0.15, 0.2) is 0 Å². The molecule has 0 spiro atoms. The first-order chi connectivity index (χ1) is 8.36. The molecular weight excluding hydrogens is 232 g/mol. The molecule has 0 aliphatic rings. The Morgan fingerprint density at radius 2 is 1.71 bits per heavy atom. The second kappa shape index (κ2) is 4.15. The SMILES string of the molecule is Clc1ccccc1-c1cccc2cncnc12. The summed E-state index contributed by atoms with van der Waals surface area (Å²) in [6.45, 7) is 0. The zero-order chi connectivity index (χ0) is 11.7. The largest absolute Gasteiger partial charge is 0.244 e. The first-order valence-electron chi connectivity index (χ1n) is 5.30. The van der Waals surface area contributed by atoms with E-state index in [0.29, 0.717) is 0 Å². The zero-order valence-electron chi connectivity index (χ0n) is 8.97. The van der Waals surface area contributed by atoms with Gasteiger partial charge in [-0.15, -0.1) is 0 Å². The van der Waals surface area contributed by atoms with Gasteiger partial charge in [0, 0.05) is 27.7 Å². The Kier molecular flexibility index (Phi) is 2.50. The molecule has 0 radical (unpaired) electrons. The predicted octanol–water partition coefficient (Wildman–Crippen LogP) is 3.95. The average molecular weight is 241 g/mol. The number of benzene rings is 2. The molecule has 2 nitrogen and oxygen atoms in total. The molecule has 0 aliphatic carbocycles. The van der Waals surface area contributed by atoms with Crippen molar-refractivity contribution in [2.45, 2.75) is 0 Å². The van der Waals surface area contributed by atoms with E-state index in [-0.39, 0.29) is 0 Å². The Bertz CT molecular complexity index is 674. The van der Waals surface area contributed by atoms with Gasteiger partial charge >= 0.3 is 0 Å². The van der Waals surface area contributed by atoms with Gasteiger partial charge in [0.25, 0.3) is 0 Å². The van der Waals surface area contributed by atoms with Crippen molar-refractivity contribution in [3.05, 3.63) is 60.0 Å². The number of hydrogen-bond acceptors (Lipinski definition) is 2. The summed E-state index contributed by atoms with van der Waals surface area (Å²) in [4.78, 5) is 8.35. The third kappa shape index (κ3) is 1.77. The highest BCUT2D eigenvalue weighted by Gasteiger charge is 2.07. The summed E-state index contributed by atoms with van der Waals surface area (Å²) in [6.07, 6.45) is 3.37. The number of nitrogens with zero attached hydrogens (tertiary/aromatic N) is 2. The maximum absolute atomic E-state index is 6.22. The Labute approximate surface area is 104 Å². The molecule has 0 unspecified atom stereocenters. The molecule has 17 heavy (non-hydrogen) atoms. The van der Waals surface area contributed by atoms with Crippen LogP contribution in [0.2, 0.25) is 5.02 Å². The molecule has 3 rings (SSSR count). The summed E-state index contributed by atoms with van der Waals surface area (Å²) >= 11 is 6.22. The van der Waals surface area contributed by atoms with Gasteiger partial charge in [-0.1, -0.05) is 48.0 Å². The van der Waals surface area contributed by atoms with E-state index < -0.39 is 0 Å². The number of halogens is 1. The van der Waals surface area contributed by atoms with Crippen LogP contribution >= 0.6 is 11.6 Å². The molecule has 3 aromatic rings. The molecular formula is C14H9ClN2. The van der Waals surface area contributed by atoms with E-state index in [0.717, 1.165) is 27.1 Å². The van der Waals surface area contributed by atoms with Gasteiger partial charge in [0.05, 0.1) is 5.52 Å². The van der Waals surface area contributed by atoms with Crippen LogP contribution in [0.25, 0.3) is 22.0 Å². The summed E-state index contributed by atoms with van der Waals surface area (Å²) in [5.74, 6) is 0. The van der Waals surface area contributed by atoms with Crippen LogP contribution in [0.5, 0.6) is 0 Å². The maximum Gasteiger partial charge on any atom is 0.116 e. The quantitative estimate of drug-likeness (QED) is 0.644. The zero-order valence-corrected chi connectivity index (χ0v) is 9.72. The van der Waals surface area contributed by atoms with Crippen LogP contribution in [0, 0.1) is 0 Å². The molecule has 2 aromatic carbocycles. The Balaban J connectivity index is 2.35. The summed E-state index contributed by atoms with van der Waals surface area (Å²) in [5.41, 5.74) is 2.96.